The van der Waals surface area contributed by atoms with Crippen molar-refractivity contribution >= 4 is 40.9 Å². The summed E-state index contributed by atoms with van der Waals surface area (Å²) in [6.07, 6.45) is 12.5. The van der Waals surface area contributed by atoms with Gasteiger partial charge in [-0.1, -0.05) is 64.8 Å². The van der Waals surface area contributed by atoms with Crippen molar-refractivity contribution in [2.24, 2.45) is 10.4 Å². The fourth-order valence-electron chi connectivity index (χ4n) is 5.83. The summed E-state index contributed by atoms with van der Waals surface area (Å²) in [5, 5.41) is 8.94. The smallest absolute Gasteiger partial charge is 0.324 e. The first kappa shape index (κ1) is 36.3. The number of rotatable bonds is 3. The van der Waals surface area contributed by atoms with E-state index in [2.05, 4.69) is 57.2 Å². The highest BCUT2D eigenvalue weighted by atomic mass is 16.5. The first-order valence-corrected chi connectivity index (χ1v) is 17.1. The van der Waals surface area contributed by atoms with Crippen LogP contribution in [0.1, 0.15) is 97.5 Å². The van der Waals surface area contributed by atoms with Crippen molar-refractivity contribution in [2.75, 3.05) is 31.3 Å². The molecule has 0 saturated heterocycles. The molecule has 3 heterocycles. The number of benzene rings is 1. The number of hydrogen-bond acceptors (Lipinski definition) is 7. The molecule has 0 radical (unpaired) electrons. The Morgan fingerprint density at radius 3 is 2.62 bits per heavy atom. The van der Waals surface area contributed by atoms with E-state index in [1.165, 1.54) is 0 Å². The first-order valence-electron chi connectivity index (χ1n) is 17.1. The number of carbonyl (C=O) groups is 2. The van der Waals surface area contributed by atoms with Crippen molar-refractivity contribution in [2.45, 2.75) is 92.0 Å². The Kier molecular flexibility index (Phi) is 12.5. The zero-order chi connectivity index (χ0) is 34.8. The molecule has 1 saturated carbocycles. The van der Waals surface area contributed by atoms with Gasteiger partial charge in [0.2, 0.25) is 5.91 Å². The number of ether oxygens (including phenoxy) is 1. The van der Waals surface area contributed by atoms with Crippen molar-refractivity contribution in [3.05, 3.63) is 59.7 Å². The Bertz CT molecular complexity index is 1660. The molecule has 1 aliphatic heterocycles. The van der Waals surface area contributed by atoms with Crippen LogP contribution in [-0.4, -0.2) is 58.4 Å². The maximum atomic E-state index is 12.8. The van der Waals surface area contributed by atoms with Crippen LogP contribution in [0.3, 0.4) is 0 Å². The van der Waals surface area contributed by atoms with E-state index >= 15 is 0 Å². The number of amidine groups is 1. The van der Waals surface area contributed by atoms with Crippen molar-refractivity contribution in [1.29, 1.82) is 0 Å². The molecule has 3 amide bonds. The largest absolute Gasteiger partial charge is 0.382 e. The monoisotopic (exact) mass is 656 g/mol. The Morgan fingerprint density at radius 1 is 1.17 bits per heavy atom. The molecule has 258 valence electrons. The van der Waals surface area contributed by atoms with Crippen LogP contribution in [0, 0.1) is 5.41 Å². The lowest BCUT2D eigenvalue weighted by atomic mass is 9.85. The molecule has 1 unspecified atom stereocenters. The number of fused-ring (bicyclic) bond motifs is 3. The minimum atomic E-state index is -0.380. The Labute approximate surface area is 284 Å². The molecule has 1 aliphatic carbocycles. The molecule has 2 aromatic heterocycles. The van der Waals surface area contributed by atoms with Crippen LogP contribution in [0.4, 0.5) is 16.3 Å². The number of anilines is 2. The fraction of sp³-hybridized carbons (Fsp3) is 0.486. The first-order chi connectivity index (χ1) is 23.0. The summed E-state index contributed by atoms with van der Waals surface area (Å²) in [4.78, 5) is 39.4. The van der Waals surface area contributed by atoms with Crippen LogP contribution in [0.2, 0.25) is 0 Å². The number of carbonyl (C=O) groups excluding carboxylic acids is 2. The number of nitrogens with zero attached hydrogens (tertiary/aromatic N) is 4. The number of urea groups is 1. The van der Waals surface area contributed by atoms with Gasteiger partial charge in [-0.3, -0.25) is 19.5 Å². The van der Waals surface area contributed by atoms with E-state index in [0.29, 0.717) is 43.4 Å². The van der Waals surface area contributed by atoms with Crippen molar-refractivity contribution in [3.63, 3.8) is 0 Å². The molecule has 2 bridgehead atoms. The van der Waals surface area contributed by atoms with Crippen molar-refractivity contribution in [3.8, 4) is 11.3 Å². The van der Waals surface area contributed by atoms with E-state index in [1.807, 2.05) is 57.2 Å². The van der Waals surface area contributed by atoms with Crippen LogP contribution in [-0.2, 0) is 9.53 Å². The van der Waals surface area contributed by atoms with E-state index in [0.717, 1.165) is 59.5 Å². The highest BCUT2D eigenvalue weighted by Crippen LogP contribution is 2.38. The molecule has 1 fully saturated rings. The lowest BCUT2D eigenvalue weighted by Crippen LogP contribution is -2.38. The van der Waals surface area contributed by atoms with Crippen LogP contribution >= 0.6 is 0 Å². The van der Waals surface area contributed by atoms with E-state index in [9.17, 15) is 9.59 Å². The van der Waals surface area contributed by atoms with E-state index in [4.69, 9.17) is 15.5 Å². The number of aromatic nitrogens is 3. The summed E-state index contributed by atoms with van der Waals surface area (Å²) < 4.78 is 7.81. The van der Waals surface area contributed by atoms with Gasteiger partial charge in [0.15, 0.2) is 0 Å². The Balaban J connectivity index is 0.00000255. The molecule has 3 aromatic rings. The summed E-state index contributed by atoms with van der Waals surface area (Å²) in [6.45, 7) is 13.3. The molecule has 5 rings (SSSR count). The summed E-state index contributed by atoms with van der Waals surface area (Å²) >= 11 is 0. The predicted octanol–water partition coefficient (Wildman–Crippen LogP) is 7.11. The normalized spacial score (nSPS) is 20.0. The number of nitrogen functional groups attached to an aromatic ring is 1. The van der Waals surface area contributed by atoms with E-state index in [-0.39, 0.29) is 29.3 Å². The number of nitrogens with one attached hydrogen (secondary N) is 3. The van der Waals surface area contributed by atoms with Crippen molar-refractivity contribution < 1.29 is 14.3 Å². The number of hydrogen-bond donors (Lipinski definition) is 4. The third kappa shape index (κ3) is 9.09. The minimum absolute atomic E-state index is 0.0240. The second kappa shape index (κ2) is 16.5. The van der Waals surface area contributed by atoms with Gasteiger partial charge in [-0.15, -0.1) is 0 Å². The third-order valence-electron chi connectivity index (χ3n) is 8.77. The number of allylic oxidation sites excluding steroid dienone is 1. The quantitative estimate of drug-likeness (QED) is 0.174. The second-order valence-electron chi connectivity index (χ2n) is 13.1. The van der Waals surface area contributed by atoms with Gasteiger partial charge in [-0.2, -0.15) is 0 Å². The predicted molar refractivity (Wildman–Crippen MR) is 195 cm³/mol. The molecular formula is C37H52N8O3. The zero-order valence-corrected chi connectivity index (χ0v) is 29.5. The van der Waals surface area contributed by atoms with Gasteiger partial charge in [0, 0.05) is 36.7 Å². The molecule has 11 heteroatoms. The van der Waals surface area contributed by atoms with Gasteiger partial charge < -0.3 is 21.1 Å². The molecule has 48 heavy (non-hydrogen) atoms. The highest BCUT2D eigenvalue weighted by molar-refractivity contribution is 6.08. The summed E-state index contributed by atoms with van der Waals surface area (Å²) in [6, 6.07) is 7.24. The number of aliphatic imine (C=N–C) groups is 1. The standard InChI is InChI=1S/C35H46N8O3.C2H6/c1-22(35(2,3)4)19-28(37-5)41-34(45)40-25-14-12-23(13-15-25)30-31-32(36)38-21-27-11-6-7-17-46-18-16-29(44)39-26-10-8-9-24(20-26)33(42-30)43(27)31;1-2/h6,11-15,19,21,24,26H,7-10,16-18,20H2,1-5H3,(H2,36,38)(H,39,44)(H2,37,40,41,45);1-2H3/b11-6+,22-19+;/t24-,26?;/m1./s1. The van der Waals surface area contributed by atoms with E-state index < -0.39 is 0 Å². The molecule has 0 spiro atoms. The van der Waals surface area contributed by atoms with Crippen LogP contribution in [0.5, 0.6) is 0 Å². The van der Waals surface area contributed by atoms with Crippen LogP contribution < -0.4 is 21.7 Å². The lowest BCUT2D eigenvalue weighted by molar-refractivity contribution is -0.123. The zero-order valence-electron chi connectivity index (χ0n) is 29.5. The molecule has 1 aromatic carbocycles. The Hall–Kier alpha value is -4.51. The number of nitrogens with two attached hydrogens (primary N) is 1. The molecule has 2 aliphatic rings. The topological polar surface area (TPSA) is 148 Å². The maximum absolute atomic E-state index is 12.8. The van der Waals surface area contributed by atoms with Crippen molar-refractivity contribution in [1.82, 2.24) is 25.0 Å². The summed E-state index contributed by atoms with van der Waals surface area (Å²) in [5.74, 6) is 1.94. The van der Waals surface area contributed by atoms with Gasteiger partial charge in [0.25, 0.3) is 0 Å². The maximum Gasteiger partial charge on any atom is 0.324 e. The molecule has 2 atom stereocenters. The molecule has 11 nitrogen and oxygen atoms in total. The van der Waals surface area contributed by atoms with Gasteiger partial charge in [0.05, 0.1) is 25.1 Å². The number of imidazole rings is 1. The van der Waals surface area contributed by atoms with Crippen LogP contribution in [0.15, 0.2) is 53.2 Å². The average Bonchev–Trinajstić information content (AvgIpc) is 3.47. The number of amides is 3. The minimum Gasteiger partial charge on any atom is -0.382 e. The Morgan fingerprint density at radius 2 is 1.92 bits per heavy atom. The average molecular weight is 657 g/mol. The summed E-state index contributed by atoms with van der Waals surface area (Å²) in [7, 11) is 1.65. The highest BCUT2D eigenvalue weighted by Gasteiger charge is 2.30. The fourth-order valence-corrected chi connectivity index (χ4v) is 5.83. The van der Waals surface area contributed by atoms with Gasteiger partial charge in [0.1, 0.15) is 28.7 Å². The van der Waals surface area contributed by atoms with Gasteiger partial charge in [-0.05, 0) is 62.3 Å². The third-order valence-corrected chi connectivity index (χ3v) is 8.77. The van der Waals surface area contributed by atoms with Gasteiger partial charge >= 0.3 is 6.03 Å². The summed E-state index contributed by atoms with van der Waals surface area (Å²) in [5.41, 5.74) is 11.5. The molecular weight excluding hydrogens is 604 g/mol. The lowest BCUT2D eigenvalue weighted by Gasteiger charge is -2.29. The van der Waals surface area contributed by atoms with Crippen LogP contribution in [0.25, 0.3) is 22.9 Å². The second-order valence-corrected chi connectivity index (χ2v) is 13.1. The SMILES string of the molecule is CC.CN=C(/C=C(\C)C(C)(C)C)NC(=O)Nc1ccc(-c2nc3n4c(cnc(N)c24)/C=C/CCOCCC(=O)NC2CCC[C@@H]3C2)cc1. The van der Waals surface area contributed by atoms with E-state index in [1.54, 1.807) is 13.2 Å². The van der Waals surface area contributed by atoms with Gasteiger partial charge in [-0.25, -0.2) is 14.8 Å². The molecule has 5 N–H and O–H groups in total.